The molecule has 1 N–H and O–H groups in total. The third-order valence-electron chi connectivity index (χ3n) is 3.07. The van der Waals surface area contributed by atoms with Crippen molar-refractivity contribution in [2.24, 2.45) is 0 Å². The first kappa shape index (κ1) is 14.0. The first-order valence-corrected chi connectivity index (χ1v) is 7.82. The lowest BCUT2D eigenvalue weighted by atomic mass is 10.2. The molecule has 0 radical (unpaired) electrons. The van der Waals surface area contributed by atoms with Crippen LogP contribution in [-0.4, -0.2) is 24.2 Å². The van der Waals surface area contributed by atoms with Crippen LogP contribution in [0.15, 0.2) is 0 Å². The first-order valence-electron chi connectivity index (χ1n) is 7.00. The van der Waals surface area contributed by atoms with Crippen molar-refractivity contribution in [2.45, 2.75) is 58.5 Å². The number of nitrogens with zero attached hydrogens (tertiary/aromatic N) is 1. The van der Waals surface area contributed by atoms with Crippen LogP contribution in [0, 0.1) is 0 Å². The minimum absolute atomic E-state index is 0.533. The van der Waals surface area contributed by atoms with Crippen LogP contribution in [0.25, 0.3) is 0 Å². The predicted molar refractivity (Wildman–Crippen MR) is 76.3 cm³/mol. The summed E-state index contributed by atoms with van der Waals surface area (Å²) in [7, 11) is 0. The van der Waals surface area contributed by atoms with Gasteiger partial charge >= 0.3 is 0 Å². The zero-order valence-corrected chi connectivity index (χ0v) is 12.5. The lowest BCUT2D eigenvalue weighted by molar-refractivity contribution is 0.151. The fourth-order valence-electron chi connectivity index (χ4n) is 1.92. The van der Waals surface area contributed by atoms with E-state index in [4.69, 9.17) is 9.72 Å². The molecular weight excluding hydrogens is 244 g/mol. The number of thiazole rings is 1. The quantitative estimate of drug-likeness (QED) is 0.736. The van der Waals surface area contributed by atoms with Crippen LogP contribution in [0.4, 0.5) is 0 Å². The molecule has 2 rings (SSSR count). The maximum absolute atomic E-state index is 5.41. The van der Waals surface area contributed by atoms with Crippen molar-refractivity contribution < 1.29 is 4.74 Å². The highest BCUT2D eigenvalue weighted by molar-refractivity contribution is 7.11. The SMILES string of the molecule is CCOCCc1nc(C2CC2)c(CNC(C)C)s1. The van der Waals surface area contributed by atoms with Crippen LogP contribution in [0.1, 0.15) is 55.1 Å². The summed E-state index contributed by atoms with van der Waals surface area (Å²) in [6, 6.07) is 0.533. The largest absolute Gasteiger partial charge is 0.381 e. The number of ether oxygens (including phenoxy) is 1. The van der Waals surface area contributed by atoms with Crippen LogP contribution in [-0.2, 0) is 17.7 Å². The van der Waals surface area contributed by atoms with Gasteiger partial charge in [-0.2, -0.15) is 0 Å². The van der Waals surface area contributed by atoms with Crippen molar-refractivity contribution in [3.05, 3.63) is 15.6 Å². The Bertz CT molecular complexity index is 372. The van der Waals surface area contributed by atoms with Crippen molar-refractivity contribution in [1.29, 1.82) is 0 Å². The molecule has 1 aromatic heterocycles. The molecule has 1 aromatic rings. The van der Waals surface area contributed by atoms with Gasteiger partial charge in [0.25, 0.3) is 0 Å². The summed E-state index contributed by atoms with van der Waals surface area (Å²) < 4.78 is 5.41. The standard InChI is InChI=1S/C14H24N2OS/c1-4-17-8-7-13-16-14(11-5-6-11)12(18-13)9-15-10(2)3/h10-11,15H,4-9H2,1-3H3. The number of aromatic nitrogens is 1. The third-order valence-corrected chi connectivity index (χ3v) is 4.20. The van der Waals surface area contributed by atoms with Crippen molar-refractivity contribution >= 4 is 11.3 Å². The van der Waals surface area contributed by atoms with Crippen molar-refractivity contribution in [3.63, 3.8) is 0 Å². The maximum Gasteiger partial charge on any atom is 0.0954 e. The average Bonchev–Trinajstić information content (AvgIpc) is 3.09. The molecule has 0 amide bonds. The smallest absolute Gasteiger partial charge is 0.0954 e. The Labute approximate surface area is 114 Å². The van der Waals surface area contributed by atoms with Crippen molar-refractivity contribution in [2.75, 3.05) is 13.2 Å². The lowest BCUT2D eigenvalue weighted by Crippen LogP contribution is -2.21. The number of hydrogen-bond acceptors (Lipinski definition) is 4. The number of nitrogens with one attached hydrogen (secondary N) is 1. The van der Waals surface area contributed by atoms with Crippen LogP contribution < -0.4 is 5.32 Å². The van der Waals surface area contributed by atoms with E-state index in [-0.39, 0.29) is 0 Å². The van der Waals surface area contributed by atoms with E-state index in [1.165, 1.54) is 28.4 Å². The average molecular weight is 268 g/mol. The van der Waals surface area contributed by atoms with Crippen LogP contribution in [0.5, 0.6) is 0 Å². The van der Waals surface area contributed by atoms with E-state index in [1.807, 2.05) is 18.3 Å². The summed E-state index contributed by atoms with van der Waals surface area (Å²) in [5.41, 5.74) is 1.36. The second kappa shape index (κ2) is 6.64. The predicted octanol–water partition coefficient (Wildman–Crippen LogP) is 3.10. The lowest BCUT2D eigenvalue weighted by Gasteiger charge is -2.07. The van der Waals surface area contributed by atoms with Gasteiger partial charge < -0.3 is 10.1 Å². The molecular formula is C14H24N2OS. The molecule has 0 atom stereocenters. The van der Waals surface area contributed by atoms with Gasteiger partial charge in [0, 0.05) is 36.4 Å². The molecule has 4 heteroatoms. The van der Waals surface area contributed by atoms with Gasteiger partial charge in [-0.1, -0.05) is 13.8 Å². The fraction of sp³-hybridized carbons (Fsp3) is 0.786. The Morgan fingerprint density at radius 3 is 2.83 bits per heavy atom. The molecule has 0 aliphatic heterocycles. The van der Waals surface area contributed by atoms with Gasteiger partial charge in [0.1, 0.15) is 0 Å². The molecule has 1 aliphatic carbocycles. The highest BCUT2D eigenvalue weighted by Crippen LogP contribution is 2.42. The van der Waals surface area contributed by atoms with Crippen LogP contribution in [0.3, 0.4) is 0 Å². The van der Waals surface area contributed by atoms with Gasteiger partial charge in [0.15, 0.2) is 0 Å². The zero-order chi connectivity index (χ0) is 13.0. The van der Waals surface area contributed by atoms with Crippen LogP contribution >= 0.6 is 11.3 Å². The van der Waals surface area contributed by atoms with Crippen molar-refractivity contribution in [1.82, 2.24) is 10.3 Å². The molecule has 1 fully saturated rings. The van der Waals surface area contributed by atoms with E-state index < -0.39 is 0 Å². The summed E-state index contributed by atoms with van der Waals surface area (Å²) >= 11 is 1.87. The minimum Gasteiger partial charge on any atom is -0.381 e. The van der Waals surface area contributed by atoms with Gasteiger partial charge in [-0.25, -0.2) is 4.98 Å². The van der Waals surface area contributed by atoms with Gasteiger partial charge in [0.2, 0.25) is 0 Å². The summed E-state index contributed by atoms with van der Waals surface area (Å²) in [6.45, 7) is 8.97. The second-order valence-corrected chi connectivity index (χ2v) is 6.34. The van der Waals surface area contributed by atoms with Gasteiger partial charge in [-0.15, -0.1) is 11.3 Å². The van der Waals surface area contributed by atoms with Crippen molar-refractivity contribution in [3.8, 4) is 0 Å². The topological polar surface area (TPSA) is 34.1 Å². The highest BCUT2D eigenvalue weighted by Gasteiger charge is 2.29. The summed E-state index contributed by atoms with van der Waals surface area (Å²) in [4.78, 5) is 6.26. The molecule has 1 saturated carbocycles. The second-order valence-electron chi connectivity index (χ2n) is 5.17. The van der Waals surface area contributed by atoms with E-state index in [2.05, 4.69) is 19.2 Å². The summed E-state index contributed by atoms with van der Waals surface area (Å²) in [5.74, 6) is 0.742. The normalized spacial score (nSPS) is 15.6. The Balaban J connectivity index is 1.97. The third kappa shape index (κ3) is 4.04. The highest BCUT2D eigenvalue weighted by atomic mass is 32.1. The number of rotatable bonds is 8. The molecule has 102 valence electrons. The Kier molecular flexibility index (Phi) is 5.15. The number of hydrogen-bond donors (Lipinski definition) is 1. The van der Waals surface area contributed by atoms with Crippen LogP contribution in [0.2, 0.25) is 0 Å². The summed E-state index contributed by atoms with van der Waals surface area (Å²) in [5, 5.41) is 4.75. The first-order chi connectivity index (χ1) is 8.70. The molecule has 0 saturated heterocycles. The Hall–Kier alpha value is -0.450. The van der Waals surface area contributed by atoms with E-state index in [9.17, 15) is 0 Å². The molecule has 18 heavy (non-hydrogen) atoms. The molecule has 1 aliphatic rings. The van der Waals surface area contributed by atoms with Gasteiger partial charge in [0.05, 0.1) is 17.3 Å². The molecule has 1 heterocycles. The molecule has 0 aromatic carbocycles. The van der Waals surface area contributed by atoms with Gasteiger partial charge in [-0.3, -0.25) is 0 Å². The maximum atomic E-state index is 5.41. The van der Waals surface area contributed by atoms with E-state index >= 15 is 0 Å². The summed E-state index contributed by atoms with van der Waals surface area (Å²) in [6.07, 6.45) is 3.60. The monoisotopic (exact) mass is 268 g/mol. The van der Waals surface area contributed by atoms with E-state index in [0.29, 0.717) is 6.04 Å². The van der Waals surface area contributed by atoms with Gasteiger partial charge in [-0.05, 0) is 19.8 Å². The minimum atomic E-state index is 0.533. The molecule has 3 nitrogen and oxygen atoms in total. The van der Waals surface area contributed by atoms with E-state index in [0.717, 1.165) is 32.1 Å². The fourth-order valence-corrected chi connectivity index (χ4v) is 3.01. The molecule has 0 spiro atoms. The zero-order valence-electron chi connectivity index (χ0n) is 11.7. The Morgan fingerprint density at radius 1 is 1.44 bits per heavy atom. The Morgan fingerprint density at radius 2 is 2.22 bits per heavy atom. The van der Waals surface area contributed by atoms with E-state index in [1.54, 1.807) is 0 Å². The molecule has 0 unspecified atom stereocenters. The molecule has 0 bridgehead atoms.